The molecule has 0 bridgehead atoms. The predicted octanol–water partition coefficient (Wildman–Crippen LogP) is 4.27. The molecule has 0 aromatic heterocycles. The maximum Gasteiger partial charge on any atom is 0.363 e. The van der Waals surface area contributed by atoms with E-state index >= 15 is 0 Å². The van der Waals surface area contributed by atoms with E-state index in [0.717, 1.165) is 0 Å². The summed E-state index contributed by atoms with van der Waals surface area (Å²) in [7, 11) is 2.89. The van der Waals surface area contributed by atoms with Gasteiger partial charge in [-0.2, -0.15) is 0 Å². The third-order valence-electron chi connectivity index (χ3n) is 4.65. The van der Waals surface area contributed by atoms with Crippen molar-refractivity contribution in [2.75, 3.05) is 14.2 Å². The Hall–Kier alpha value is -3.61. The number of carbonyl (C=O) groups is 2. The molecule has 2 aromatic carbocycles. The lowest BCUT2D eigenvalue weighted by molar-refractivity contribution is -0.132. The van der Waals surface area contributed by atoms with Gasteiger partial charge >= 0.3 is 11.9 Å². The maximum absolute atomic E-state index is 12.4. The molecule has 7 heteroatoms. The number of cyclic esters (lactones) is 1. The van der Waals surface area contributed by atoms with Gasteiger partial charge in [-0.25, -0.2) is 9.79 Å². The van der Waals surface area contributed by atoms with Gasteiger partial charge in [0, 0.05) is 12.5 Å². The summed E-state index contributed by atoms with van der Waals surface area (Å²) in [5, 5.41) is 0. The van der Waals surface area contributed by atoms with Crippen molar-refractivity contribution in [3.05, 3.63) is 58.8 Å². The number of esters is 2. The summed E-state index contributed by atoms with van der Waals surface area (Å²) < 4.78 is 21.2. The van der Waals surface area contributed by atoms with E-state index in [1.807, 2.05) is 24.3 Å². The molecule has 1 aliphatic rings. The normalized spacial score (nSPS) is 14.8. The lowest BCUT2D eigenvalue weighted by atomic mass is 9.87. The number of hydrogen-bond donors (Lipinski definition) is 0. The maximum atomic E-state index is 12.4. The Morgan fingerprint density at radius 1 is 1.03 bits per heavy atom. The number of ether oxygens (including phenoxy) is 4. The highest BCUT2D eigenvalue weighted by Crippen LogP contribution is 2.39. The average molecular weight is 423 g/mol. The van der Waals surface area contributed by atoms with Gasteiger partial charge in [-0.1, -0.05) is 32.9 Å². The molecule has 2 aromatic rings. The third kappa shape index (κ3) is 4.94. The zero-order valence-corrected chi connectivity index (χ0v) is 18.4. The van der Waals surface area contributed by atoms with E-state index in [1.165, 1.54) is 26.7 Å². The van der Waals surface area contributed by atoms with Crippen LogP contribution in [-0.4, -0.2) is 32.1 Å². The Balaban J connectivity index is 1.95. The standard InChI is InChI=1S/C24H25NO6/c1-14(26)30-21-19(28-5)12-15(13-20(21)29-6)11-18-23(27)31-22(25-18)16-7-9-17(10-8-16)24(2,3)4/h7-13H,1-6H3/b18-11-. The van der Waals surface area contributed by atoms with E-state index in [9.17, 15) is 9.59 Å². The van der Waals surface area contributed by atoms with E-state index in [1.54, 1.807) is 18.2 Å². The van der Waals surface area contributed by atoms with E-state index in [0.29, 0.717) is 11.1 Å². The second-order valence-corrected chi connectivity index (χ2v) is 8.01. The van der Waals surface area contributed by atoms with Crippen LogP contribution in [0.5, 0.6) is 17.2 Å². The minimum absolute atomic E-state index is 0.0220. The second-order valence-electron chi connectivity index (χ2n) is 8.01. The number of nitrogens with zero attached hydrogens (tertiary/aromatic N) is 1. The molecule has 0 saturated carbocycles. The third-order valence-corrected chi connectivity index (χ3v) is 4.65. The molecule has 0 unspecified atom stereocenters. The average Bonchev–Trinajstić information content (AvgIpc) is 3.08. The smallest absolute Gasteiger partial charge is 0.363 e. The molecule has 0 N–H and O–H groups in total. The molecule has 31 heavy (non-hydrogen) atoms. The topological polar surface area (TPSA) is 83.4 Å². The molecule has 0 amide bonds. The highest BCUT2D eigenvalue weighted by Gasteiger charge is 2.25. The Bertz CT molecular complexity index is 1050. The van der Waals surface area contributed by atoms with Crippen molar-refractivity contribution < 1.29 is 28.5 Å². The lowest BCUT2D eigenvalue weighted by Gasteiger charge is -2.18. The van der Waals surface area contributed by atoms with Crippen molar-refractivity contribution in [3.8, 4) is 17.2 Å². The van der Waals surface area contributed by atoms with Crippen molar-refractivity contribution in [1.29, 1.82) is 0 Å². The van der Waals surface area contributed by atoms with Gasteiger partial charge in [-0.05, 0) is 46.9 Å². The first-order valence-corrected chi connectivity index (χ1v) is 9.70. The fourth-order valence-corrected chi connectivity index (χ4v) is 3.03. The second kappa shape index (κ2) is 8.63. The summed E-state index contributed by atoms with van der Waals surface area (Å²) in [5.74, 6) is -0.0842. The van der Waals surface area contributed by atoms with Crippen LogP contribution in [-0.2, 0) is 19.7 Å². The van der Waals surface area contributed by atoms with E-state index in [4.69, 9.17) is 18.9 Å². The van der Waals surface area contributed by atoms with Gasteiger partial charge < -0.3 is 18.9 Å². The van der Waals surface area contributed by atoms with Crippen LogP contribution in [0.15, 0.2) is 47.1 Å². The number of aliphatic imine (C=N–C) groups is 1. The molecule has 0 spiro atoms. The summed E-state index contributed by atoms with van der Waals surface area (Å²) in [6.45, 7) is 7.68. The van der Waals surface area contributed by atoms with Crippen molar-refractivity contribution in [2.24, 2.45) is 4.99 Å². The Kier molecular flexibility index (Phi) is 6.15. The van der Waals surface area contributed by atoms with Gasteiger partial charge in [0.25, 0.3) is 0 Å². The number of benzene rings is 2. The van der Waals surface area contributed by atoms with Crippen LogP contribution in [0.3, 0.4) is 0 Å². The van der Waals surface area contributed by atoms with Crippen LogP contribution in [0.2, 0.25) is 0 Å². The molecule has 7 nitrogen and oxygen atoms in total. The molecule has 1 heterocycles. The molecule has 1 aliphatic heterocycles. The molecule has 0 aliphatic carbocycles. The van der Waals surface area contributed by atoms with E-state index in [-0.39, 0.29) is 34.3 Å². The highest BCUT2D eigenvalue weighted by atomic mass is 16.6. The van der Waals surface area contributed by atoms with Crippen molar-refractivity contribution in [1.82, 2.24) is 0 Å². The van der Waals surface area contributed by atoms with Gasteiger partial charge in [0.15, 0.2) is 17.2 Å². The minimum atomic E-state index is -0.558. The first kappa shape index (κ1) is 22.1. The van der Waals surface area contributed by atoms with Crippen molar-refractivity contribution in [3.63, 3.8) is 0 Å². The Morgan fingerprint density at radius 3 is 2.10 bits per heavy atom. The van der Waals surface area contributed by atoms with E-state index in [2.05, 4.69) is 25.8 Å². The van der Waals surface area contributed by atoms with Crippen LogP contribution < -0.4 is 14.2 Å². The SMILES string of the molecule is COc1cc(/C=C2\N=C(c3ccc(C(C)(C)C)cc3)OC2=O)cc(OC)c1OC(C)=O. The van der Waals surface area contributed by atoms with Crippen LogP contribution in [0.1, 0.15) is 44.4 Å². The lowest BCUT2D eigenvalue weighted by Crippen LogP contribution is -2.11. The Morgan fingerprint density at radius 2 is 1.61 bits per heavy atom. The van der Waals surface area contributed by atoms with Gasteiger partial charge in [0.05, 0.1) is 14.2 Å². The zero-order chi connectivity index (χ0) is 22.8. The summed E-state index contributed by atoms with van der Waals surface area (Å²) in [4.78, 5) is 28.1. The predicted molar refractivity (Wildman–Crippen MR) is 117 cm³/mol. The van der Waals surface area contributed by atoms with Crippen molar-refractivity contribution in [2.45, 2.75) is 33.1 Å². The largest absolute Gasteiger partial charge is 0.493 e. The molecule has 0 saturated heterocycles. The first-order valence-electron chi connectivity index (χ1n) is 9.70. The van der Waals surface area contributed by atoms with Crippen LogP contribution in [0.25, 0.3) is 6.08 Å². The number of hydrogen-bond acceptors (Lipinski definition) is 7. The van der Waals surface area contributed by atoms with Crippen molar-refractivity contribution >= 4 is 23.9 Å². The fourth-order valence-electron chi connectivity index (χ4n) is 3.03. The summed E-state index contributed by atoms with van der Waals surface area (Å²) in [6, 6.07) is 11.0. The summed E-state index contributed by atoms with van der Waals surface area (Å²) >= 11 is 0. The fraction of sp³-hybridized carbons (Fsp3) is 0.292. The summed E-state index contributed by atoms with van der Waals surface area (Å²) in [6.07, 6.45) is 1.56. The molecular weight excluding hydrogens is 398 g/mol. The number of methoxy groups -OCH3 is 2. The number of rotatable bonds is 5. The first-order chi connectivity index (χ1) is 14.6. The van der Waals surface area contributed by atoms with Crippen LogP contribution >= 0.6 is 0 Å². The molecule has 3 rings (SSSR count). The molecule has 0 fully saturated rings. The number of carbonyl (C=O) groups excluding carboxylic acids is 2. The molecule has 0 atom stereocenters. The molecule has 0 radical (unpaired) electrons. The quantitative estimate of drug-likeness (QED) is 0.406. The van der Waals surface area contributed by atoms with Gasteiger partial charge in [0.1, 0.15) is 0 Å². The van der Waals surface area contributed by atoms with Gasteiger partial charge in [0.2, 0.25) is 11.6 Å². The summed E-state index contributed by atoms with van der Waals surface area (Å²) in [5.41, 5.74) is 2.62. The zero-order valence-electron chi connectivity index (χ0n) is 18.4. The van der Waals surface area contributed by atoms with Crippen LogP contribution in [0.4, 0.5) is 0 Å². The Labute approximate surface area is 181 Å². The highest BCUT2D eigenvalue weighted by molar-refractivity contribution is 6.12. The van der Waals surface area contributed by atoms with E-state index < -0.39 is 11.9 Å². The molecule has 162 valence electrons. The van der Waals surface area contributed by atoms with Crippen LogP contribution in [0, 0.1) is 0 Å². The van der Waals surface area contributed by atoms with Gasteiger partial charge in [-0.15, -0.1) is 0 Å². The molecular formula is C24H25NO6. The monoisotopic (exact) mass is 423 g/mol. The minimum Gasteiger partial charge on any atom is -0.493 e. The van der Waals surface area contributed by atoms with Gasteiger partial charge in [-0.3, -0.25) is 4.79 Å².